The number of anilines is 1. The highest BCUT2D eigenvalue weighted by molar-refractivity contribution is 7.91. The summed E-state index contributed by atoms with van der Waals surface area (Å²) in [5, 5.41) is 0.456. The smallest absolute Gasteiger partial charge is 0.229 e. The second-order valence-electron chi connectivity index (χ2n) is 7.69. The van der Waals surface area contributed by atoms with E-state index >= 15 is 0 Å². The number of fused-ring (bicyclic) bond motifs is 1. The van der Waals surface area contributed by atoms with Gasteiger partial charge in [-0.3, -0.25) is 9.69 Å². The normalized spacial score (nSPS) is 11.5. The summed E-state index contributed by atoms with van der Waals surface area (Å²) in [6.45, 7) is 3.06. The van der Waals surface area contributed by atoms with E-state index in [0.29, 0.717) is 28.3 Å². The number of hydrogen-bond donors (Lipinski definition) is 0. The van der Waals surface area contributed by atoms with E-state index in [2.05, 4.69) is 4.98 Å². The topological polar surface area (TPSA) is 70.6 Å². The predicted molar refractivity (Wildman–Crippen MR) is 130 cm³/mol. The fraction of sp³-hybridized carbons (Fsp3) is 0.364. The van der Waals surface area contributed by atoms with Gasteiger partial charge in [0, 0.05) is 13.0 Å². The number of halogens is 2. The molecule has 3 rings (SSSR count). The number of benzene rings is 2. The molecule has 1 amide bonds. The zero-order chi connectivity index (χ0) is 22.6. The molecule has 0 radical (unpaired) electrons. The van der Waals surface area contributed by atoms with Gasteiger partial charge in [-0.15, -0.1) is 12.4 Å². The van der Waals surface area contributed by atoms with Crippen LogP contribution in [-0.4, -0.2) is 57.1 Å². The molecule has 10 heteroatoms. The minimum atomic E-state index is -3.57. The summed E-state index contributed by atoms with van der Waals surface area (Å²) in [5.41, 5.74) is 1.58. The standard InChI is InChI=1S/C22H26FN3O3S2.ClH/c1-16-5-8-18(9-6-16)31(28,29)14-11-21(27)26(13-4-12-25(2)3)22-24-19-10-7-17(23)15-20(19)30-22;/h5-10,15H,4,11-14H2,1-3H3;1H. The summed E-state index contributed by atoms with van der Waals surface area (Å²) in [6.07, 6.45) is 0.552. The predicted octanol–water partition coefficient (Wildman–Crippen LogP) is 4.31. The molecule has 0 unspecified atom stereocenters. The monoisotopic (exact) mass is 499 g/mol. The van der Waals surface area contributed by atoms with Crippen molar-refractivity contribution in [2.75, 3.05) is 37.8 Å². The van der Waals surface area contributed by atoms with E-state index in [9.17, 15) is 17.6 Å². The first kappa shape index (κ1) is 26.2. The number of carbonyl (C=O) groups excluding carboxylic acids is 1. The van der Waals surface area contributed by atoms with Crippen LogP contribution in [-0.2, 0) is 14.6 Å². The Bertz CT molecular complexity index is 1160. The summed E-state index contributed by atoms with van der Waals surface area (Å²) in [4.78, 5) is 21.3. The van der Waals surface area contributed by atoms with Crippen molar-refractivity contribution in [1.82, 2.24) is 9.88 Å². The first-order valence-electron chi connectivity index (χ1n) is 9.96. The molecule has 0 saturated carbocycles. The Labute approximate surface area is 198 Å². The van der Waals surface area contributed by atoms with Crippen LogP contribution in [0.5, 0.6) is 0 Å². The summed E-state index contributed by atoms with van der Waals surface area (Å²) < 4.78 is 39.5. The van der Waals surface area contributed by atoms with Crippen LogP contribution in [0.1, 0.15) is 18.4 Å². The van der Waals surface area contributed by atoms with Crippen LogP contribution in [0.4, 0.5) is 9.52 Å². The van der Waals surface area contributed by atoms with Crippen molar-refractivity contribution in [3.63, 3.8) is 0 Å². The van der Waals surface area contributed by atoms with E-state index in [1.165, 1.54) is 28.4 Å². The average Bonchev–Trinajstić information content (AvgIpc) is 3.12. The van der Waals surface area contributed by atoms with E-state index in [4.69, 9.17) is 0 Å². The summed E-state index contributed by atoms with van der Waals surface area (Å²) in [5.74, 6) is -0.954. The highest BCUT2D eigenvalue weighted by Crippen LogP contribution is 2.30. The highest BCUT2D eigenvalue weighted by atomic mass is 35.5. The van der Waals surface area contributed by atoms with E-state index in [-0.39, 0.29) is 41.2 Å². The van der Waals surface area contributed by atoms with Crippen molar-refractivity contribution in [2.24, 2.45) is 0 Å². The number of rotatable bonds is 9. The molecule has 0 aliphatic rings. The van der Waals surface area contributed by atoms with E-state index in [1.54, 1.807) is 30.3 Å². The molecule has 1 heterocycles. The van der Waals surface area contributed by atoms with Gasteiger partial charge in [-0.05, 0) is 64.3 Å². The lowest BCUT2D eigenvalue weighted by Crippen LogP contribution is -2.34. The quantitative estimate of drug-likeness (QED) is 0.438. The summed E-state index contributed by atoms with van der Waals surface area (Å²) in [6, 6.07) is 10.9. The summed E-state index contributed by atoms with van der Waals surface area (Å²) in [7, 11) is 0.316. The fourth-order valence-electron chi connectivity index (χ4n) is 3.09. The van der Waals surface area contributed by atoms with E-state index in [0.717, 1.165) is 12.1 Å². The maximum atomic E-state index is 13.6. The minimum Gasteiger partial charge on any atom is -0.309 e. The largest absolute Gasteiger partial charge is 0.309 e. The molecule has 0 aliphatic carbocycles. The number of thiazole rings is 1. The van der Waals surface area contributed by atoms with Crippen LogP contribution >= 0.6 is 23.7 Å². The maximum absolute atomic E-state index is 13.6. The van der Waals surface area contributed by atoms with Crippen molar-refractivity contribution in [2.45, 2.75) is 24.7 Å². The van der Waals surface area contributed by atoms with Gasteiger partial charge in [-0.25, -0.2) is 17.8 Å². The molecule has 6 nitrogen and oxygen atoms in total. The molecule has 2 aromatic carbocycles. The van der Waals surface area contributed by atoms with Gasteiger partial charge in [-0.1, -0.05) is 29.0 Å². The SMILES string of the molecule is Cc1ccc(S(=O)(=O)CCC(=O)N(CCCN(C)C)c2nc3ccc(F)cc3s2)cc1.Cl. The Balaban J connectivity index is 0.00000363. The number of aryl methyl sites for hydroxylation is 1. The van der Waals surface area contributed by atoms with Gasteiger partial charge in [0.1, 0.15) is 5.82 Å². The third-order valence-corrected chi connectivity index (χ3v) is 7.60. The number of hydrogen-bond acceptors (Lipinski definition) is 6. The Hall–Kier alpha value is -2.07. The fourth-order valence-corrected chi connectivity index (χ4v) is 5.36. The second kappa shape index (κ2) is 11.2. The molecule has 1 aromatic heterocycles. The molecule has 0 spiro atoms. The van der Waals surface area contributed by atoms with Gasteiger partial charge in [0.15, 0.2) is 15.0 Å². The van der Waals surface area contributed by atoms with Gasteiger partial charge in [0.25, 0.3) is 0 Å². The molecule has 32 heavy (non-hydrogen) atoms. The number of carbonyl (C=O) groups is 1. The van der Waals surface area contributed by atoms with Crippen LogP contribution in [0.2, 0.25) is 0 Å². The molecule has 0 saturated heterocycles. The van der Waals surface area contributed by atoms with Gasteiger partial charge < -0.3 is 4.90 Å². The van der Waals surface area contributed by atoms with Crippen molar-refractivity contribution in [3.8, 4) is 0 Å². The van der Waals surface area contributed by atoms with Gasteiger partial charge in [0.05, 0.1) is 20.9 Å². The molecule has 3 aromatic rings. The van der Waals surface area contributed by atoms with Crippen LogP contribution in [0, 0.1) is 12.7 Å². The van der Waals surface area contributed by atoms with Crippen LogP contribution in [0.25, 0.3) is 10.2 Å². The highest BCUT2D eigenvalue weighted by Gasteiger charge is 2.23. The summed E-state index contributed by atoms with van der Waals surface area (Å²) >= 11 is 1.23. The molecule has 174 valence electrons. The number of sulfone groups is 1. The Morgan fingerprint density at radius 2 is 1.78 bits per heavy atom. The van der Waals surface area contributed by atoms with Crippen molar-refractivity contribution < 1.29 is 17.6 Å². The molecular formula is C22H27ClFN3O3S2. The van der Waals surface area contributed by atoms with Crippen molar-refractivity contribution >= 4 is 54.8 Å². The maximum Gasteiger partial charge on any atom is 0.229 e. The van der Waals surface area contributed by atoms with Gasteiger partial charge in [0.2, 0.25) is 5.91 Å². The molecule has 0 atom stereocenters. The minimum absolute atomic E-state index is 0. The lowest BCUT2D eigenvalue weighted by atomic mass is 10.2. The molecule has 0 N–H and O–H groups in total. The second-order valence-corrected chi connectivity index (χ2v) is 10.8. The van der Waals surface area contributed by atoms with Crippen LogP contribution < -0.4 is 4.90 Å². The first-order valence-corrected chi connectivity index (χ1v) is 12.4. The number of nitrogens with zero attached hydrogens (tertiary/aromatic N) is 3. The zero-order valence-electron chi connectivity index (χ0n) is 18.2. The lowest BCUT2D eigenvalue weighted by Gasteiger charge is -2.21. The average molecular weight is 500 g/mol. The Morgan fingerprint density at radius 1 is 1.09 bits per heavy atom. The molecular weight excluding hydrogens is 473 g/mol. The lowest BCUT2D eigenvalue weighted by molar-refractivity contribution is -0.118. The van der Waals surface area contributed by atoms with Crippen molar-refractivity contribution in [3.05, 3.63) is 53.8 Å². The zero-order valence-corrected chi connectivity index (χ0v) is 20.7. The van der Waals surface area contributed by atoms with Crippen LogP contribution in [0.15, 0.2) is 47.4 Å². The van der Waals surface area contributed by atoms with Gasteiger partial charge >= 0.3 is 0 Å². The number of amides is 1. The Morgan fingerprint density at radius 3 is 2.44 bits per heavy atom. The third-order valence-electron chi connectivity index (χ3n) is 4.82. The molecule has 0 bridgehead atoms. The van der Waals surface area contributed by atoms with Gasteiger partial charge in [-0.2, -0.15) is 0 Å². The first-order chi connectivity index (χ1) is 14.7. The van der Waals surface area contributed by atoms with Crippen LogP contribution in [0.3, 0.4) is 0 Å². The van der Waals surface area contributed by atoms with Crippen molar-refractivity contribution in [1.29, 1.82) is 0 Å². The van der Waals surface area contributed by atoms with E-state index < -0.39 is 9.84 Å². The van der Waals surface area contributed by atoms with E-state index in [1.807, 2.05) is 25.9 Å². The molecule has 0 aliphatic heterocycles. The number of aromatic nitrogens is 1. The Kier molecular flexibility index (Phi) is 9.15. The molecule has 0 fully saturated rings. The third kappa shape index (κ3) is 6.71.